The number of nitrogens with one attached hydrogen (secondary N) is 1. The summed E-state index contributed by atoms with van der Waals surface area (Å²) in [6.07, 6.45) is -3.41. The molecule has 6 heteroatoms. The van der Waals surface area contributed by atoms with E-state index in [1.165, 1.54) is 17.8 Å². The van der Waals surface area contributed by atoms with Crippen molar-refractivity contribution in [1.29, 1.82) is 0 Å². The lowest BCUT2D eigenvalue weighted by Gasteiger charge is -2.25. The minimum atomic E-state index is -4.30. The first-order valence-electron chi connectivity index (χ1n) is 4.46. The molecular weight excluding hydrogens is 225 g/mol. The van der Waals surface area contributed by atoms with Gasteiger partial charge in [0.15, 0.2) is 0 Å². The van der Waals surface area contributed by atoms with Crippen LogP contribution in [0.3, 0.4) is 0 Å². The summed E-state index contributed by atoms with van der Waals surface area (Å²) < 4.78 is 36.6. The molecule has 0 bridgehead atoms. The van der Waals surface area contributed by atoms with Crippen LogP contribution in [0, 0.1) is 0 Å². The van der Waals surface area contributed by atoms with E-state index in [1.54, 1.807) is 0 Å². The van der Waals surface area contributed by atoms with Gasteiger partial charge in [-0.05, 0) is 12.1 Å². The van der Waals surface area contributed by atoms with Gasteiger partial charge in [-0.15, -0.1) is 11.8 Å². The van der Waals surface area contributed by atoms with Crippen molar-refractivity contribution < 1.29 is 13.2 Å². The van der Waals surface area contributed by atoms with Crippen LogP contribution in [0.1, 0.15) is 5.56 Å². The van der Waals surface area contributed by atoms with Gasteiger partial charge in [-0.1, -0.05) is 0 Å². The number of rotatable bonds is 2. The number of nitrogens with zero attached hydrogens (tertiary/aromatic N) is 1. The van der Waals surface area contributed by atoms with Crippen LogP contribution < -0.4 is 5.32 Å². The number of alkyl halides is 3. The Morgan fingerprint density at radius 1 is 1.33 bits per heavy atom. The predicted molar refractivity (Wildman–Crippen MR) is 51.8 cm³/mol. The molecule has 2 heterocycles. The van der Waals surface area contributed by atoms with Crippen molar-refractivity contribution in [3.8, 4) is 0 Å². The lowest BCUT2D eigenvalue weighted by molar-refractivity contribution is -0.137. The number of hydrogen-bond donors (Lipinski definition) is 1. The highest BCUT2D eigenvalue weighted by Gasteiger charge is 2.30. The van der Waals surface area contributed by atoms with E-state index in [0.29, 0.717) is 10.3 Å². The van der Waals surface area contributed by atoms with Gasteiger partial charge >= 0.3 is 6.18 Å². The van der Waals surface area contributed by atoms with E-state index in [2.05, 4.69) is 10.3 Å². The molecule has 0 spiro atoms. The molecule has 0 aromatic carbocycles. The molecule has 0 unspecified atom stereocenters. The average molecular weight is 234 g/mol. The van der Waals surface area contributed by atoms with E-state index in [1.807, 2.05) is 0 Å². The third kappa shape index (κ3) is 2.63. The molecule has 15 heavy (non-hydrogen) atoms. The Kier molecular flexibility index (Phi) is 2.88. The van der Waals surface area contributed by atoms with Crippen molar-refractivity contribution in [2.24, 2.45) is 0 Å². The van der Waals surface area contributed by atoms with Gasteiger partial charge in [-0.3, -0.25) is 0 Å². The highest BCUT2D eigenvalue weighted by Crippen LogP contribution is 2.30. The normalized spacial score (nSPS) is 17.5. The second-order valence-corrected chi connectivity index (χ2v) is 4.60. The molecule has 0 radical (unpaired) electrons. The zero-order valence-corrected chi connectivity index (χ0v) is 8.53. The molecule has 1 aromatic heterocycles. The third-order valence-electron chi connectivity index (χ3n) is 2.10. The summed E-state index contributed by atoms with van der Waals surface area (Å²) in [6.45, 7) is 1.79. The Morgan fingerprint density at radius 2 is 2.07 bits per heavy atom. The van der Waals surface area contributed by atoms with Crippen molar-refractivity contribution in [3.05, 3.63) is 23.9 Å². The van der Waals surface area contributed by atoms with Gasteiger partial charge in [0.2, 0.25) is 0 Å². The minimum absolute atomic E-state index is 0.439. The van der Waals surface area contributed by atoms with E-state index in [9.17, 15) is 13.2 Å². The summed E-state index contributed by atoms with van der Waals surface area (Å²) in [7, 11) is 0. The predicted octanol–water partition coefficient (Wildman–Crippen LogP) is 2.16. The Hall–Kier alpha value is -0.750. The number of halogens is 3. The van der Waals surface area contributed by atoms with Gasteiger partial charge in [0.1, 0.15) is 0 Å². The quantitative estimate of drug-likeness (QED) is 0.848. The molecule has 1 aliphatic rings. The third-order valence-corrected chi connectivity index (χ3v) is 3.24. The molecule has 2 nitrogen and oxygen atoms in total. The molecule has 82 valence electrons. The summed E-state index contributed by atoms with van der Waals surface area (Å²) >= 11 is 1.51. The van der Waals surface area contributed by atoms with E-state index < -0.39 is 11.7 Å². The summed E-state index contributed by atoms with van der Waals surface area (Å²) in [6, 6.07) is 2.49. The standard InChI is InChI=1S/C9H9F3N2S/c10-9(11,12)6-1-2-8(14-3-6)15-7-4-13-5-7/h1-3,7,13H,4-5H2. The SMILES string of the molecule is FC(F)(F)c1ccc(SC2CNC2)nc1. The molecule has 1 aliphatic heterocycles. The molecule has 1 saturated heterocycles. The first-order valence-corrected chi connectivity index (χ1v) is 5.34. The molecular formula is C9H9F3N2S. The molecule has 1 N–H and O–H groups in total. The molecule has 0 aliphatic carbocycles. The molecule has 0 amide bonds. The fourth-order valence-electron chi connectivity index (χ4n) is 1.13. The first-order chi connectivity index (χ1) is 7.05. The smallest absolute Gasteiger partial charge is 0.314 e. The van der Waals surface area contributed by atoms with Crippen LogP contribution >= 0.6 is 11.8 Å². The highest BCUT2D eigenvalue weighted by atomic mass is 32.2. The Bertz CT molecular complexity index is 332. The number of thioether (sulfide) groups is 1. The Morgan fingerprint density at radius 3 is 2.47 bits per heavy atom. The van der Waals surface area contributed by atoms with Gasteiger partial charge in [0.05, 0.1) is 10.6 Å². The fraction of sp³-hybridized carbons (Fsp3) is 0.444. The number of aromatic nitrogens is 1. The summed E-state index contributed by atoms with van der Waals surface area (Å²) in [5, 5.41) is 4.18. The fourth-order valence-corrected chi connectivity index (χ4v) is 2.14. The van der Waals surface area contributed by atoms with Gasteiger partial charge in [0, 0.05) is 24.5 Å². The van der Waals surface area contributed by atoms with Crippen LogP contribution in [0.4, 0.5) is 13.2 Å². The largest absolute Gasteiger partial charge is 0.417 e. The molecule has 1 aromatic rings. The zero-order chi connectivity index (χ0) is 10.9. The van der Waals surface area contributed by atoms with Gasteiger partial charge in [-0.25, -0.2) is 4.98 Å². The topological polar surface area (TPSA) is 24.9 Å². The first kappa shape index (κ1) is 10.8. The maximum atomic E-state index is 12.2. The highest BCUT2D eigenvalue weighted by molar-refractivity contribution is 8.00. The summed E-state index contributed by atoms with van der Waals surface area (Å²) in [4.78, 5) is 3.78. The molecule has 1 fully saturated rings. The molecule has 0 atom stereocenters. The lowest BCUT2D eigenvalue weighted by Crippen LogP contribution is -2.44. The zero-order valence-electron chi connectivity index (χ0n) is 7.71. The van der Waals surface area contributed by atoms with Crippen LogP contribution in [-0.4, -0.2) is 23.3 Å². The number of pyridine rings is 1. The Labute approximate surface area is 89.3 Å². The summed E-state index contributed by atoms with van der Waals surface area (Å²) in [5.41, 5.74) is -0.696. The van der Waals surface area contributed by atoms with E-state index >= 15 is 0 Å². The Balaban J connectivity index is 2.03. The molecule has 0 saturated carbocycles. The van der Waals surface area contributed by atoms with E-state index in [0.717, 1.165) is 25.4 Å². The van der Waals surface area contributed by atoms with Crippen LogP contribution in [-0.2, 0) is 6.18 Å². The monoisotopic (exact) mass is 234 g/mol. The molecule has 2 rings (SSSR count). The van der Waals surface area contributed by atoms with E-state index in [-0.39, 0.29) is 0 Å². The van der Waals surface area contributed by atoms with Crippen LogP contribution in [0.2, 0.25) is 0 Å². The van der Waals surface area contributed by atoms with Crippen molar-refractivity contribution in [1.82, 2.24) is 10.3 Å². The second kappa shape index (κ2) is 4.02. The van der Waals surface area contributed by atoms with E-state index in [4.69, 9.17) is 0 Å². The maximum absolute atomic E-state index is 12.2. The second-order valence-electron chi connectivity index (χ2n) is 3.28. The van der Waals surface area contributed by atoms with Gasteiger partial charge in [0.25, 0.3) is 0 Å². The van der Waals surface area contributed by atoms with Crippen LogP contribution in [0.5, 0.6) is 0 Å². The van der Waals surface area contributed by atoms with Crippen molar-refractivity contribution in [2.75, 3.05) is 13.1 Å². The minimum Gasteiger partial charge on any atom is -0.314 e. The summed E-state index contributed by atoms with van der Waals surface area (Å²) in [5.74, 6) is 0. The average Bonchev–Trinajstić information content (AvgIpc) is 2.11. The van der Waals surface area contributed by atoms with Crippen molar-refractivity contribution >= 4 is 11.8 Å². The van der Waals surface area contributed by atoms with Crippen molar-refractivity contribution in [2.45, 2.75) is 16.5 Å². The van der Waals surface area contributed by atoms with Gasteiger partial charge < -0.3 is 5.32 Å². The van der Waals surface area contributed by atoms with Crippen molar-refractivity contribution in [3.63, 3.8) is 0 Å². The van der Waals surface area contributed by atoms with Crippen LogP contribution in [0.15, 0.2) is 23.4 Å². The number of hydrogen-bond acceptors (Lipinski definition) is 3. The van der Waals surface area contributed by atoms with Crippen LogP contribution in [0.25, 0.3) is 0 Å². The maximum Gasteiger partial charge on any atom is 0.417 e. The lowest BCUT2D eigenvalue weighted by atomic mass is 10.3. The van der Waals surface area contributed by atoms with Gasteiger partial charge in [-0.2, -0.15) is 13.2 Å².